The van der Waals surface area contributed by atoms with Crippen molar-refractivity contribution >= 4 is 0 Å². The number of ether oxygens (including phenoxy) is 1. The average Bonchev–Trinajstić information content (AvgIpc) is 2.60. The Morgan fingerprint density at radius 1 is 1.05 bits per heavy atom. The van der Waals surface area contributed by atoms with Crippen molar-refractivity contribution in [3.8, 4) is 5.75 Å². The summed E-state index contributed by atoms with van der Waals surface area (Å²) in [4.78, 5) is 0. The predicted molar refractivity (Wildman–Crippen MR) is 90.0 cm³/mol. The predicted octanol–water partition coefficient (Wildman–Crippen LogP) is 2.89. The van der Waals surface area contributed by atoms with Gasteiger partial charge in [-0.15, -0.1) is 0 Å². The lowest BCUT2D eigenvalue weighted by molar-refractivity contribution is 0.413. The van der Waals surface area contributed by atoms with Crippen LogP contribution in [-0.2, 0) is 25.9 Å². The second kappa shape index (κ2) is 6.51. The van der Waals surface area contributed by atoms with Crippen LogP contribution >= 0.6 is 0 Å². The molecule has 116 valence electrons. The second-order valence-corrected chi connectivity index (χ2v) is 6.02. The third-order valence-corrected chi connectivity index (χ3v) is 4.75. The standard InChI is InChI=1S/C19H24N2O/c1-22-18-7-6-14-4-5-15(9-17(14)10-18)19-8-13(11-20)2-3-16(19)12-21/h2-3,6-8,10,15H,4-5,9,11-12,20-21H2,1H3. The monoisotopic (exact) mass is 296 g/mol. The van der Waals surface area contributed by atoms with Crippen LogP contribution in [0.25, 0.3) is 0 Å². The molecule has 0 fully saturated rings. The highest BCUT2D eigenvalue weighted by Crippen LogP contribution is 2.36. The summed E-state index contributed by atoms with van der Waals surface area (Å²) in [6.07, 6.45) is 3.33. The van der Waals surface area contributed by atoms with Crippen LogP contribution in [0, 0.1) is 0 Å². The molecule has 1 aliphatic rings. The van der Waals surface area contributed by atoms with Crippen LogP contribution in [0.15, 0.2) is 36.4 Å². The van der Waals surface area contributed by atoms with Gasteiger partial charge in [-0.3, -0.25) is 0 Å². The number of hydrogen-bond acceptors (Lipinski definition) is 3. The number of hydrogen-bond donors (Lipinski definition) is 2. The maximum Gasteiger partial charge on any atom is 0.119 e. The number of methoxy groups -OCH3 is 1. The largest absolute Gasteiger partial charge is 0.497 e. The van der Waals surface area contributed by atoms with E-state index in [0.717, 1.165) is 18.6 Å². The Morgan fingerprint density at radius 2 is 1.91 bits per heavy atom. The highest BCUT2D eigenvalue weighted by molar-refractivity contribution is 5.42. The molecule has 0 amide bonds. The van der Waals surface area contributed by atoms with Gasteiger partial charge >= 0.3 is 0 Å². The summed E-state index contributed by atoms with van der Waals surface area (Å²) in [5.74, 6) is 1.46. The minimum Gasteiger partial charge on any atom is -0.497 e. The second-order valence-electron chi connectivity index (χ2n) is 6.02. The van der Waals surface area contributed by atoms with Crippen molar-refractivity contribution in [2.24, 2.45) is 11.5 Å². The third kappa shape index (κ3) is 2.87. The van der Waals surface area contributed by atoms with Crippen molar-refractivity contribution in [3.63, 3.8) is 0 Å². The first-order valence-corrected chi connectivity index (χ1v) is 7.92. The summed E-state index contributed by atoms with van der Waals surface area (Å²) in [5.41, 5.74) is 18.4. The molecule has 3 rings (SSSR count). The van der Waals surface area contributed by atoms with Crippen molar-refractivity contribution in [2.75, 3.05) is 7.11 Å². The summed E-state index contributed by atoms with van der Waals surface area (Å²) in [7, 11) is 1.72. The van der Waals surface area contributed by atoms with E-state index in [0.29, 0.717) is 19.0 Å². The van der Waals surface area contributed by atoms with E-state index >= 15 is 0 Å². The minimum atomic E-state index is 0.518. The van der Waals surface area contributed by atoms with E-state index < -0.39 is 0 Å². The van der Waals surface area contributed by atoms with Crippen LogP contribution in [0.5, 0.6) is 5.75 Å². The van der Waals surface area contributed by atoms with Crippen LogP contribution in [-0.4, -0.2) is 7.11 Å². The summed E-state index contributed by atoms with van der Waals surface area (Å²) < 4.78 is 5.37. The highest BCUT2D eigenvalue weighted by Gasteiger charge is 2.22. The number of rotatable bonds is 4. The molecule has 22 heavy (non-hydrogen) atoms. The van der Waals surface area contributed by atoms with E-state index in [1.807, 2.05) is 0 Å². The summed E-state index contributed by atoms with van der Waals surface area (Å²) in [6, 6.07) is 12.9. The molecule has 0 saturated heterocycles. The molecule has 2 aromatic carbocycles. The van der Waals surface area contributed by atoms with Crippen LogP contribution in [0.4, 0.5) is 0 Å². The zero-order valence-corrected chi connectivity index (χ0v) is 13.1. The smallest absolute Gasteiger partial charge is 0.119 e. The maximum absolute atomic E-state index is 5.94. The molecule has 1 aliphatic carbocycles. The molecule has 1 unspecified atom stereocenters. The molecule has 3 nitrogen and oxygen atoms in total. The fraction of sp³-hybridized carbons (Fsp3) is 0.368. The normalized spacial score (nSPS) is 17.1. The molecule has 0 heterocycles. The van der Waals surface area contributed by atoms with E-state index in [2.05, 4.69) is 36.4 Å². The Hall–Kier alpha value is -1.84. The zero-order chi connectivity index (χ0) is 15.5. The van der Waals surface area contributed by atoms with Crippen molar-refractivity contribution in [1.82, 2.24) is 0 Å². The number of benzene rings is 2. The van der Waals surface area contributed by atoms with Gasteiger partial charge in [-0.1, -0.05) is 24.3 Å². The zero-order valence-electron chi connectivity index (χ0n) is 13.1. The Bertz CT molecular complexity index is 666. The molecule has 3 heteroatoms. The maximum atomic E-state index is 5.94. The van der Waals surface area contributed by atoms with Crippen molar-refractivity contribution in [3.05, 3.63) is 64.2 Å². The third-order valence-electron chi connectivity index (χ3n) is 4.75. The van der Waals surface area contributed by atoms with Gasteiger partial charge in [0.15, 0.2) is 0 Å². The summed E-state index contributed by atoms with van der Waals surface area (Å²) in [6.45, 7) is 1.16. The molecule has 0 radical (unpaired) electrons. The Kier molecular flexibility index (Phi) is 4.46. The van der Waals surface area contributed by atoms with E-state index in [1.54, 1.807) is 7.11 Å². The molecule has 2 aromatic rings. The van der Waals surface area contributed by atoms with Gasteiger partial charge in [0, 0.05) is 13.1 Å². The molecule has 0 spiro atoms. The fourth-order valence-electron chi connectivity index (χ4n) is 3.46. The Labute approximate surface area is 132 Å². The SMILES string of the molecule is COc1ccc2c(c1)CC(c1cc(CN)ccc1CN)CC2. The van der Waals surface area contributed by atoms with Gasteiger partial charge in [-0.25, -0.2) is 0 Å². The van der Waals surface area contributed by atoms with Crippen LogP contribution in [0.2, 0.25) is 0 Å². The molecule has 1 atom stereocenters. The lowest BCUT2D eigenvalue weighted by Gasteiger charge is -2.27. The van der Waals surface area contributed by atoms with Gasteiger partial charge in [0.05, 0.1) is 7.11 Å². The number of nitrogens with two attached hydrogens (primary N) is 2. The molecular formula is C19H24N2O. The first-order chi connectivity index (χ1) is 10.7. The van der Waals surface area contributed by atoms with Crippen LogP contribution in [0.3, 0.4) is 0 Å². The van der Waals surface area contributed by atoms with E-state index in [4.69, 9.17) is 16.2 Å². The Balaban J connectivity index is 1.93. The minimum absolute atomic E-state index is 0.518. The molecule has 0 aromatic heterocycles. The first-order valence-electron chi connectivity index (χ1n) is 7.92. The molecule has 0 bridgehead atoms. The summed E-state index contributed by atoms with van der Waals surface area (Å²) >= 11 is 0. The van der Waals surface area contributed by atoms with Gasteiger partial charge in [-0.2, -0.15) is 0 Å². The topological polar surface area (TPSA) is 61.3 Å². The lowest BCUT2D eigenvalue weighted by Crippen LogP contribution is -2.16. The van der Waals surface area contributed by atoms with Crippen LogP contribution in [0.1, 0.15) is 40.2 Å². The quantitative estimate of drug-likeness (QED) is 0.912. The molecule has 0 aliphatic heterocycles. The molecule has 0 saturated carbocycles. The van der Waals surface area contributed by atoms with Gasteiger partial charge in [0.1, 0.15) is 5.75 Å². The number of fused-ring (bicyclic) bond motifs is 1. The van der Waals surface area contributed by atoms with E-state index in [1.165, 1.54) is 34.2 Å². The highest BCUT2D eigenvalue weighted by atomic mass is 16.5. The van der Waals surface area contributed by atoms with Gasteiger partial charge < -0.3 is 16.2 Å². The fourth-order valence-corrected chi connectivity index (χ4v) is 3.46. The average molecular weight is 296 g/mol. The summed E-state index contributed by atoms with van der Waals surface area (Å²) in [5, 5.41) is 0. The van der Waals surface area contributed by atoms with Crippen molar-refractivity contribution < 1.29 is 4.74 Å². The van der Waals surface area contributed by atoms with Gasteiger partial charge in [-0.05, 0) is 65.1 Å². The molecular weight excluding hydrogens is 272 g/mol. The van der Waals surface area contributed by atoms with Crippen LogP contribution < -0.4 is 16.2 Å². The van der Waals surface area contributed by atoms with Crippen molar-refractivity contribution in [1.29, 1.82) is 0 Å². The number of aryl methyl sites for hydroxylation is 1. The first kappa shape index (κ1) is 15.1. The van der Waals surface area contributed by atoms with Crippen molar-refractivity contribution in [2.45, 2.75) is 38.3 Å². The van der Waals surface area contributed by atoms with Gasteiger partial charge in [0.25, 0.3) is 0 Å². The van der Waals surface area contributed by atoms with Gasteiger partial charge in [0.2, 0.25) is 0 Å². The Morgan fingerprint density at radius 3 is 2.64 bits per heavy atom. The van der Waals surface area contributed by atoms with E-state index in [9.17, 15) is 0 Å². The molecule has 4 N–H and O–H groups in total. The van der Waals surface area contributed by atoms with E-state index in [-0.39, 0.29) is 0 Å². The lowest BCUT2D eigenvalue weighted by atomic mass is 9.78.